The van der Waals surface area contributed by atoms with E-state index in [9.17, 15) is 18.3 Å². The molecule has 0 saturated carbocycles. The van der Waals surface area contributed by atoms with Crippen molar-refractivity contribution < 1.29 is 23.1 Å². The summed E-state index contributed by atoms with van der Waals surface area (Å²) in [5.41, 5.74) is 3.04. The van der Waals surface area contributed by atoms with Crippen LogP contribution in [-0.2, 0) is 27.8 Å². The third-order valence-corrected chi connectivity index (χ3v) is 5.96. The first-order valence-corrected chi connectivity index (χ1v) is 10.8. The molecule has 0 aliphatic rings. The van der Waals surface area contributed by atoms with Gasteiger partial charge in [0.15, 0.2) is 0 Å². The maximum absolute atomic E-state index is 12.9. The van der Waals surface area contributed by atoms with Gasteiger partial charge >= 0.3 is 5.97 Å². The van der Waals surface area contributed by atoms with Gasteiger partial charge in [0.25, 0.3) is 10.0 Å². The minimum absolute atomic E-state index is 0.122. The zero-order chi connectivity index (χ0) is 21.7. The molecule has 2 N–H and O–H groups in total. The molecule has 3 aromatic rings. The zero-order valence-electron chi connectivity index (χ0n) is 16.8. The number of benzene rings is 3. The Kier molecular flexibility index (Phi) is 6.42. The molecule has 0 saturated heterocycles. The second-order valence-electron chi connectivity index (χ2n) is 7.00. The van der Waals surface area contributed by atoms with Crippen LogP contribution in [0.5, 0.6) is 5.75 Å². The summed E-state index contributed by atoms with van der Waals surface area (Å²) in [6.07, 6.45) is -0.282. The Morgan fingerprint density at radius 2 is 1.73 bits per heavy atom. The number of rotatable bonds is 8. The van der Waals surface area contributed by atoms with E-state index in [-0.39, 0.29) is 29.4 Å². The lowest BCUT2D eigenvalue weighted by Crippen LogP contribution is -2.15. The molecular formula is C23H23NO5S. The molecule has 0 radical (unpaired) electrons. The predicted octanol–water partition coefficient (Wildman–Crippen LogP) is 4.31. The zero-order valence-corrected chi connectivity index (χ0v) is 17.6. The maximum atomic E-state index is 12.9. The molecule has 3 aromatic carbocycles. The monoisotopic (exact) mass is 425 g/mol. The molecule has 7 heteroatoms. The minimum Gasteiger partial charge on any atom is -0.486 e. The smallest absolute Gasteiger partial charge is 0.307 e. The second kappa shape index (κ2) is 9.00. The Bertz CT molecular complexity index is 1160. The van der Waals surface area contributed by atoms with Crippen LogP contribution in [0.25, 0.3) is 0 Å². The maximum Gasteiger partial charge on any atom is 0.307 e. The Labute approximate surface area is 176 Å². The molecule has 0 heterocycles. The van der Waals surface area contributed by atoms with E-state index in [2.05, 4.69) is 4.72 Å². The Hall–Kier alpha value is -3.32. The van der Waals surface area contributed by atoms with Crippen molar-refractivity contribution in [3.63, 3.8) is 0 Å². The molecule has 0 atom stereocenters. The first kappa shape index (κ1) is 21.4. The Morgan fingerprint density at radius 1 is 1.00 bits per heavy atom. The summed E-state index contributed by atoms with van der Waals surface area (Å²) in [4.78, 5) is 11.5. The van der Waals surface area contributed by atoms with Gasteiger partial charge in [-0.25, -0.2) is 8.42 Å². The van der Waals surface area contributed by atoms with Crippen LogP contribution in [0.15, 0.2) is 71.6 Å². The number of hydrogen-bond acceptors (Lipinski definition) is 4. The topological polar surface area (TPSA) is 92.7 Å². The Morgan fingerprint density at radius 3 is 2.40 bits per heavy atom. The fourth-order valence-electron chi connectivity index (χ4n) is 3.06. The van der Waals surface area contributed by atoms with E-state index < -0.39 is 16.0 Å². The fourth-order valence-corrected chi connectivity index (χ4v) is 4.23. The normalized spacial score (nSPS) is 11.1. The number of nitrogens with one attached hydrogen (secondary N) is 1. The van der Waals surface area contributed by atoms with Gasteiger partial charge in [-0.2, -0.15) is 0 Å². The highest BCUT2D eigenvalue weighted by Crippen LogP contribution is 2.34. The summed E-state index contributed by atoms with van der Waals surface area (Å²) >= 11 is 0. The third-order valence-electron chi connectivity index (χ3n) is 4.59. The third kappa shape index (κ3) is 5.18. The van der Waals surface area contributed by atoms with Crippen molar-refractivity contribution in [1.29, 1.82) is 0 Å². The van der Waals surface area contributed by atoms with Gasteiger partial charge in [-0.15, -0.1) is 0 Å². The van der Waals surface area contributed by atoms with Gasteiger partial charge in [0.05, 0.1) is 17.0 Å². The van der Waals surface area contributed by atoms with Crippen LogP contribution in [0.4, 0.5) is 5.69 Å². The van der Waals surface area contributed by atoms with Gasteiger partial charge in [0, 0.05) is 5.56 Å². The van der Waals surface area contributed by atoms with E-state index in [4.69, 9.17) is 4.74 Å². The fraction of sp³-hybridized carbons (Fsp3) is 0.174. The van der Waals surface area contributed by atoms with Crippen LogP contribution in [-0.4, -0.2) is 19.5 Å². The first-order chi connectivity index (χ1) is 14.3. The van der Waals surface area contributed by atoms with Gasteiger partial charge in [-0.05, 0) is 48.7 Å². The molecule has 0 amide bonds. The Balaban J connectivity index is 2.01. The van der Waals surface area contributed by atoms with E-state index in [1.165, 1.54) is 6.07 Å². The number of ether oxygens (including phenoxy) is 1. The average molecular weight is 426 g/mol. The van der Waals surface area contributed by atoms with Gasteiger partial charge in [0.2, 0.25) is 0 Å². The van der Waals surface area contributed by atoms with Crippen molar-refractivity contribution in [1.82, 2.24) is 0 Å². The largest absolute Gasteiger partial charge is 0.486 e. The first-order valence-electron chi connectivity index (χ1n) is 9.37. The molecule has 0 fully saturated rings. The van der Waals surface area contributed by atoms with Crippen molar-refractivity contribution >= 4 is 21.7 Å². The van der Waals surface area contributed by atoms with Gasteiger partial charge < -0.3 is 9.84 Å². The minimum atomic E-state index is -3.88. The molecule has 30 heavy (non-hydrogen) atoms. The lowest BCUT2D eigenvalue weighted by molar-refractivity contribution is -0.136. The molecule has 6 nitrogen and oxygen atoms in total. The summed E-state index contributed by atoms with van der Waals surface area (Å²) in [5, 5.41) is 9.34. The number of aliphatic carboxylic acids is 1. The highest BCUT2D eigenvalue weighted by molar-refractivity contribution is 7.92. The van der Waals surface area contributed by atoms with Crippen LogP contribution in [0.1, 0.15) is 22.3 Å². The number of carboxylic acid groups (broad SMARTS) is 1. The lowest BCUT2D eigenvalue weighted by atomic mass is 10.0. The van der Waals surface area contributed by atoms with Crippen LogP contribution < -0.4 is 9.46 Å². The molecule has 0 aliphatic heterocycles. The quantitative estimate of drug-likeness (QED) is 0.561. The van der Waals surface area contributed by atoms with E-state index >= 15 is 0 Å². The van der Waals surface area contributed by atoms with E-state index in [0.29, 0.717) is 11.1 Å². The van der Waals surface area contributed by atoms with Crippen molar-refractivity contribution in [2.75, 3.05) is 4.72 Å². The molecular weight excluding hydrogens is 402 g/mol. The molecule has 0 bridgehead atoms. The van der Waals surface area contributed by atoms with Crippen LogP contribution in [0.2, 0.25) is 0 Å². The molecule has 0 spiro atoms. The number of aryl methyl sites for hydroxylation is 2. The molecule has 0 unspecified atom stereocenters. The number of carbonyl (C=O) groups is 1. The molecule has 0 aromatic heterocycles. The van der Waals surface area contributed by atoms with E-state index in [1.807, 2.05) is 43.3 Å². The van der Waals surface area contributed by atoms with Crippen molar-refractivity contribution in [2.24, 2.45) is 0 Å². The van der Waals surface area contributed by atoms with Gasteiger partial charge in [-0.1, -0.05) is 48.5 Å². The predicted molar refractivity (Wildman–Crippen MR) is 115 cm³/mol. The summed E-state index contributed by atoms with van der Waals surface area (Å²) in [7, 11) is -3.88. The highest BCUT2D eigenvalue weighted by atomic mass is 32.2. The van der Waals surface area contributed by atoms with Gasteiger partial charge in [0.1, 0.15) is 12.4 Å². The molecule has 3 rings (SSSR count). The molecule has 0 aliphatic carbocycles. The number of hydrogen-bond donors (Lipinski definition) is 2. The number of carboxylic acids is 1. The van der Waals surface area contributed by atoms with Crippen molar-refractivity contribution in [2.45, 2.75) is 31.8 Å². The van der Waals surface area contributed by atoms with Gasteiger partial charge in [-0.3, -0.25) is 9.52 Å². The van der Waals surface area contributed by atoms with Crippen molar-refractivity contribution in [3.05, 3.63) is 89.0 Å². The van der Waals surface area contributed by atoms with Crippen LogP contribution >= 0.6 is 0 Å². The van der Waals surface area contributed by atoms with E-state index in [1.54, 1.807) is 31.2 Å². The average Bonchev–Trinajstić information content (AvgIpc) is 2.70. The van der Waals surface area contributed by atoms with E-state index in [0.717, 1.165) is 11.1 Å². The highest BCUT2D eigenvalue weighted by Gasteiger charge is 2.21. The number of anilines is 1. The summed E-state index contributed by atoms with van der Waals surface area (Å²) in [6.45, 7) is 3.76. The second-order valence-corrected chi connectivity index (χ2v) is 8.69. The molecule has 156 valence electrons. The SMILES string of the molecule is Cc1cccc(S(=O)(=O)Nc2ccc(C)c(CC(=O)O)c2OCc2ccccc2)c1. The summed E-state index contributed by atoms with van der Waals surface area (Å²) < 4.78 is 34.3. The summed E-state index contributed by atoms with van der Waals surface area (Å²) in [6, 6.07) is 19.2. The summed E-state index contributed by atoms with van der Waals surface area (Å²) in [5.74, 6) is -0.807. The van der Waals surface area contributed by atoms with Crippen LogP contribution in [0.3, 0.4) is 0 Å². The standard InChI is InChI=1S/C23H23NO5S/c1-16-7-6-10-19(13-16)30(27,28)24-21-12-11-17(2)20(14-22(25)26)23(21)29-15-18-8-4-3-5-9-18/h3-13,24H,14-15H2,1-2H3,(H,25,26). The van der Waals surface area contributed by atoms with Crippen molar-refractivity contribution in [3.8, 4) is 5.75 Å². The van der Waals surface area contributed by atoms with Crippen LogP contribution in [0, 0.1) is 13.8 Å². The number of sulfonamides is 1. The lowest BCUT2D eigenvalue weighted by Gasteiger charge is -2.19.